The maximum Gasteiger partial charge on any atom is 0.240 e. The summed E-state index contributed by atoms with van der Waals surface area (Å²) >= 11 is 0. The molecule has 1 rings (SSSR count). The lowest BCUT2D eigenvalue weighted by Gasteiger charge is -2.11. The second-order valence-corrected chi connectivity index (χ2v) is 6.45. The number of aliphatic hydroxyl groups excluding tert-OH is 1. The zero-order chi connectivity index (χ0) is 14.5. The third-order valence-electron chi connectivity index (χ3n) is 2.45. The molecule has 0 fully saturated rings. The summed E-state index contributed by atoms with van der Waals surface area (Å²) in [5, 5.41) is 9.60. The van der Waals surface area contributed by atoms with Crippen molar-refractivity contribution in [1.29, 1.82) is 0 Å². The zero-order valence-electron chi connectivity index (χ0n) is 11.5. The largest absolute Gasteiger partial charge is 0.390 e. The molecule has 1 atom stereocenters. The van der Waals surface area contributed by atoms with Crippen molar-refractivity contribution < 1.29 is 18.3 Å². The molecule has 2 N–H and O–H groups in total. The Morgan fingerprint density at radius 2 is 1.84 bits per heavy atom. The first-order valence-corrected chi connectivity index (χ1v) is 7.61. The fourth-order valence-corrected chi connectivity index (χ4v) is 2.96. The van der Waals surface area contributed by atoms with E-state index in [1.54, 1.807) is 38.1 Å². The Labute approximate surface area is 114 Å². The molecule has 0 aliphatic carbocycles. The molecule has 0 spiro atoms. The molecule has 0 saturated heterocycles. The van der Waals surface area contributed by atoms with E-state index in [0.29, 0.717) is 6.42 Å². The summed E-state index contributed by atoms with van der Waals surface area (Å²) in [6.45, 7) is 3.80. The van der Waals surface area contributed by atoms with Crippen LogP contribution in [-0.2, 0) is 21.2 Å². The molecule has 1 unspecified atom stereocenters. The van der Waals surface area contributed by atoms with Crippen LogP contribution in [-0.4, -0.2) is 39.4 Å². The normalized spacial score (nSPS) is 13.7. The first-order chi connectivity index (χ1) is 8.85. The van der Waals surface area contributed by atoms with Gasteiger partial charge in [0.25, 0.3) is 0 Å². The van der Waals surface area contributed by atoms with Gasteiger partial charge in [0, 0.05) is 19.6 Å². The number of aliphatic hydroxyl groups is 1. The van der Waals surface area contributed by atoms with Gasteiger partial charge in [-0.2, -0.15) is 0 Å². The molecule has 0 radical (unpaired) electrons. The van der Waals surface area contributed by atoms with E-state index in [4.69, 9.17) is 4.74 Å². The van der Waals surface area contributed by atoms with Crippen molar-refractivity contribution >= 4 is 10.0 Å². The summed E-state index contributed by atoms with van der Waals surface area (Å²) in [5.74, 6) is 0. The van der Waals surface area contributed by atoms with Crippen molar-refractivity contribution in [3.05, 3.63) is 29.8 Å². The molecule has 0 aromatic heterocycles. The van der Waals surface area contributed by atoms with Gasteiger partial charge in [-0.15, -0.1) is 0 Å². The van der Waals surface area contributed by atoms with E-state index >= 15 is 0 Å². The minimum atomic E-state index is -3.45. The van der Waals surface area contributed by atoms with Gasteiger partial charge in [0.05, 0.1) is 17.6 Å². The van der Waals surface area contributed by atoms with Crippen molar-refractivity contribution in [3.63, 3.8) is 0 Å². The van der Waals surface area contributed by atoms with E-state index in [9.17, 15) is 13.5 Å². The van der Waals surface area contributed by atoms with E-state index in [2.05, 4.69) is 4.72 Å². The van der Waals surface area contributed by atoms with E-state index < -0.39 is 16.1 Å². The molecule has 0 aliphatic heterocycles. The molecule has 0 aliphatic rings. The topological polar surface area (TPSA) is 75.6 Å². The Morgan fingerprint density at radius 3 is 2.32 bits per heavy atom. The fourth-order valence-electron chi connectivity index (χ4n) is 1.71. The van der Waals surface area contributed by atoms with Crippen LogP contribution in [0.2, 0.25) is 0 Å². The van der Waals surface area contributed by atoms with Gasteiger partial charge in [0.1, 0.15) is 0 Å². The lowest BCUT2D eigenvalue weighted by molar-refractivity contribution is 0.0650. The molecule has 1 aromatic carbocycles. The Bertz CT molecular complexity index is 482. The summed E-state index contributed by atoms with van der Waals surface area (Å²) in [6, 6.07) is 6.34. The van der Waals surface area contributed by atoms with E-state index in [1.165, 1.54) is 7.11 Å². The number of sulfonamides is 1. The highest BCUT2D eigenvalue weighted by Crippen LogP contribution is 2.12. The Balaban J connectivity index is 2.76. The molecule has 108 valence electrons. The highest BCUT2D eigenvalue weighted by atomic mass is 32.2. The molecular formula is C13H21NO4S. The lowest BCUT2D eigenvalue weighted by atomic mass is 10.1. The van der Waals surface area contributed by atoms with Crippen LogP contribution in [0.4, 0.5) is 0 Å². The SMILES string of the molecule is COCC(O)Cc1ccc(S(=O)(=O)NC(C)C)cc1. The van der Waals surface area contributed by atoms with Crippen LogP contribution in [0.1, 0.15) is 19.4 Å². The van der Waals surface area contributed by atoms with Gasteiger partial charge in [-0.05, 0) is 31.5 Å². The minimum absolute atomic E-state index is 0.145. The third-order valence-corrected chi connectivity index (χ3v) is 4.13. The molecule has 1 aromatic rings. The quantitative estimate of drug-likeness (QED) is 0.782. The van der Waals surface area contributed by atoms with Gasteiger partial charge in [-0.3, -0.25) is 0 Å². The molecule has 0 saturated carbocycles. The highest BCUT2D eigenvalue weighted by Gasteiger charge is 2.15. The first-order valence-electron chi connectivity index (χ1n) is 6.13. The van der Waals surface area contributed by atoms with Gasteiger partial charge in [0.2, 0.25) is 10.0 Å². The van der Waals surface area contributed by atoms with Gasteiger partial charge in [-0.25, -0.2) is 13.1 Å². The smallest absolute Gasteiger partial charge is 0.240 e. The number of nitrogens with one attached hydrogen (secondary N) is 1. The van der Waals surface area contributed by atoms with Crippen molar-refractivity contribution in [2.24, 2.45) is 0 Å². The number of hydrogen-bond donors (Lipinski definition) is 2. The second kappa shape index (κ2) is 7.00. The average Bonchev–Trinajstić information content (AvgIpc) is 2.28. The zero-order valence-corrected chi connectivity index (χ0v) is 12.3. The molecule has 0 amide bonds. The van der Waals surface area contributed by atoms with Crippen LogP contribution in [0.5, 0.6) is 0 Å². The Kier molecular flexibility index (Phi) is 5.93. The van der Waals surface area contributed by atoms with Crippen molar-refractivity contribution in [3.8, 4) is 0 Å². The van der Waals surface area contributed by atoms with E-state index in [0.717, 1.165) is 5.56 Å². The van der Waals surface area contributed by atoms with Crippen molar-refractivity contribution in [2.75, 3.05) is 13.7 Å². The highest BCUT2D eigenvalue weighted by molar-refractivity contribution is 7.89. The van der Waals surface area contributed by atoms with Crippen molar-refractivity contribution in [2.45, 2.75) is 37.3 Å². The van der Waals surface area contributed by atoms with Gasteiger partial charge >= 0.3 is 0 Å². The molecule has 0 bridgehead atoms. The first kappa shape index (κ1) is 16.1. The fraction of sp³-hybridized carbons (Fsp3) is 0.538. The van der Waals surface area contributed by atoms with Gasteiger partial charge in [-0.1, -0.05) is 12.1 Å². The number of ether oxygens (including phenoxy) is 1. The van der Waals surface area contributed by atoms with Crippen LogP contribution in [0, 0.1) is 0 Å². The van der Waals surface area contributed by atoms with Gasteiger partial charge in [0.15, 0.2) is 0 Å². The average molecular weight is 287 g/mol. The molecule has 0 heterocycles. The second-order valence-electron chi connectivity index (χ2n) is 4.73. The number of rotatable bonds is 7. The third kappa shape index (κ3) is 5.28. The maximum absolute atomic E-state index is 11.9. The van der Waals surface area contributed by atoms with Crippen LogP contribution in [0.15, 0.2) is 29.2 Å². The molecular weight excluding hydrogens is 266 g/mol. The predicted molar refractivity (Wildman–Crippen MR) is 73.5 cm³/mol. The summed E-state index contributed by atoms with van der Waals surface area (Å²) in [7, 11) is -1.93. The lowest BCUT2D eigenvalue weighted by Crippen LogP contribution is -2.30. The van der Waals surface area contributed by atoms with Crippen molar-refractivity contribution in [1.82, 2.24) is 4.72 Å². The van der Waals surface area contributed by atoms with Crippen LogP contribution < -0.4 is 4.72 Å². The van der Waals surface area contributed by atoms with Crippen LogP contribution in [0.25, 0.3) is 0 Å². The Morgan fingerprint density at radius 1 is 1.26 bits per heavy atom. The maximum atomic E-state index is 11.9. The predicted octanol–water partition coefficient (Wildman–Crippen LogP) is 0.923. The molecule has 6 heteroatoms. The van der Waals surface area contributed by atoms with Gasteiger partial charge < -0.3 is 9.84 Å². The monoisotopic (exact) mass is 287 g/mol. The minimum Gasteiger partial charge on any atom is -0.390 e. The summed E-state index contributed by atoms with van der Waals surface area (Å²) in [5.41, 5.74) is 0.869. The van der Waals surface area contributed by atoms with E-state index in [1.807, 2.05) is 0 Å². The summed E-state index contributed by atoms with van der Waals surface area (Å²) in [4.78, 5) is 0.228. The summed E-state index contributed by atoms with van der Waals surface area (Å²) in [6.07, 6.45) is -0.146. The standard InChI is InChI=1S/C13H21NO4S/c1-10(2)14-19(16,17)13-6-4-11(5-7-13)8-12(15)9-18-3/h4-7,10,12,14-15H,8-9H2,1-3H3. The molecule has 5 nitrogen and oxygen atoms in total. The number of methoxy groups -OCH3 is 1. The van der Waals surface area contributed by atoms with E-state index in [-0.39, 0.29) is 17.5 Å². The molecule has 19 heavy (non-hydrogen) atoms. The number of hydrogen-bond acceptors (Lipinski definition) is 4. The Hall–Kier alpha value is -0.950. The van der Waals surface area contributed by atoms with Crippen LogP contribution >= 0.6 is 0 Å². The number of benzene rings is 1. The summed E-state index contributed by atoms with van der Waals surface area (Å²) < 4.78 is 31.2. The van der Waals surface area contributed by atoms with Crippen LogP contribution in [0.3, 0.4) is 0 Å².